The van der Waals surface area contributed by atoms with Crippen LogP contribution in [0.15, 0.2) is 24.3 Å². The Morgan fingerprint density at radius 3 is 2.55 bits per heavy atom. The number of rotatable bonds is 6. The van der Waals surface area contributed by atoms with Gasteiger partial charge in [-0.2, -0.15) is 0 Å². The fraction of sp³-hybridized carbons (Fsp3) is 0.467. The molecule has 0 atom stereocenters. The Balaban J connectivity index is 2.40. The quantitative estimate of drug-likeness (QED) is 0.722. The number of carbonyl (C=O) groups is 2. The molecule has 1 aromatic carbocycles. The Morgan fingerprint density at radius 2 is 1.95 bits per heavy atom. The first-order chi connectivity index (χ1) is 9.34. The number of aliphatic hydroxyl groups excluding tert-OH is 1. The lowest BCUT2D eigenvalue weighted by Crippen LogP contribution is -2.41. The van der Waals surface area contributed by atoms with Crippen molar-refractivity contribution in [1.29, 1.82) is 0 Å². The van der Waals surface area contributed by atoms with Gasteiger partial charge in [-0.05, 0) is 19.1 Å². The molecule has 0 fully saturated rings. The van der Waals surface area contributed by atoms with Crippen LogP contribution >= 0.6 is 0 Å². The van der Waals surface area contributed by atoms with Crippen molar-refractivity contribution >= 4 is 11.8 Å². The molecule has 0 aliphatic heterocycles. The van der Waals surface area contributed by atoms with Crippen molar-refractivity contribution in [1.82, 2.24) is 10.6 Å². The van der Waals surface area contributed by atoms with E-state index >= 15 is 0 Å². The second kappa shape index (κ2) is 7.05. The molecule has 0 bridgehead atoms. The number of benzene rings is 1. The summed E-state index contributed by atoms with van der Waals surface area (Å²) in [5, 5.41) is 14.3. The number of hydrogen-bond donors (Lipinski definition) is 3. The highest BCUT2D eigenvalue weighted by molar-refractivity contribution is 5.96. The van der Waals surface area contributed by atoms with Crippen molar-refractivity contribution in [3.63, 3.8) is 0 Å². The van der Waals surface area contributed by atoms with Crippen LogP contribution in [-0.4, -0.2) is 36.6 Å². The maximum atomic E-state index is 11.8. The molecule has 1 aromatic rings. The minimum atomic E-state index is -0.365. The Kier molecular flexibility index (Phi) is 5.70. The summed E-state index contributed by atoms with van der Waals surface area (Å²) < 4.78 is 0. The van der Waals surface area contributed by atoms with Crippen LogP contribution in [0.4, 0.5) is 0 Å². The van der Waals surface area contributed by atoms with Gasteiger partial charge in [-0.25, -0.2) is 0 Å². The lowest BCUT2D eigenvalue weighted by Gasteiger charge is -2.21. The molecule has 0 spiro atoms. The molecule has 0 aliphatic rings. The van der Waals surface area contributed by atoms with Crippen molar-refractivity contribution in [2.24, 2.45) is 5.41 Å². The molecular formula is C15H22N2O3. The number of carbonyl (C=O) groups excluding carboxylic acids is 2. The molecule has 20 heavy (non-hydrogen) atoms. The highest BCUT2D eigenvalue weighted by atomic mass is 16.3. The Morgan fingerprint density at radius 1 is 1.25 bits per heavy atom. The molecule has 3 N–H and O–H groups in total. The van der Waals surface area contributed by atoms with Crippen LogP contribution in [0.5, 0.6) is 0 Å². The lowest BCUT2D eigenvalue weighted by molar-refractivity contribution is -0.120. The van der Waals surface area contributed by atoms with Crippen LogP contribution in [0.1, 0.15) is 29.8 Å². The number of aliphatic hydroxyl groups is 1. The van der Waals surface area contributed by atoms with Crippen LogP contribution in [0.25, 0.3) is 0 Å². The van der Waals surface area contributed by atoms with Gasteiger partial charge < -0.3 is 15.7 Å². The van der Waals surface area contributed by atoms with E-state index in [1.165, 1.54) is 0 Å². The molecule has 5 heteroatoms. The zero-order valence-electron chi connectivity index (χ0n) is 12.2. The van der Waals surface area contributed by atoms with Gasteiger partial charge in [-0.15, -0.1) is 0 Å². The van der Waals surface area contributed by atoms with Gasteiger partial charge >= 0.3 is 0 Å². The van der Waals surface area contributed by atoms with Gasteiger partial charge in [-0.1, -0.05) is 31.5 Å². The van der Waals surface area contributed by atoms with E-state index in [4.69, 9.17) is 5.11 Å². The van der Waals surface area contributed by atoms with Gasteiger partial charge in [0.15, 0.2) is 0 Å². The molecule has 0 saturated heterocycles. The molecule has 0 radical (unpaired) electrons. The van der Waals surface area contributed by atoms with Gasteiger partial charge in [0.1, 0.15) is 0 Å². The zero-order valence-corrected chi connectivity index (χ0v) is 12.2. The molecule has 2 amide bonds. The highest BCUT2D eigenvalue weighted by Gasteiger charge is 2.17. The molecule has 0 aromatic heterocycles. The van der Waals surface area contributed by atoms with Crippen molar-refractivity contribution < 1.29 is 14.7 Å². The first kappa shape index (κ1) is 16.2. The van der Waals surface area contributed by atoms with Crippen LogP contribution in [0.3, 0.4) is 0 Å². The fourth-order valence-corrected chi connectivity index (χ4v) is 1.51. The molecule has 0 heterocycles. The molecule has 0 saturated carbocycles. The summed E-state index contributed by atoms with van der Waals surface area (Å²) in [7, 11) is 0. The van der Waals surface area contributed by atoms with E-state index in [-0.39, 0.29) is 30.4 Å². The summed E-state index contributed by atoms with van der Waals surface area (Å²) in [4.78, 5) is 23.4. The third-order valence-electron chi connectivity index (χ3n) is 2.88. The van der Waals surface area contributed by atoms with E-state index in [0.29, 0.717) is 12.1 Å². The Hall–Kier alpha value is -1.88. The lowest BCUT2D eigenvalue weighted by atomic mass is 9.95. The second-order valence-electron chi connectivity index (χ2n) is 5.65. The monoisotopic (exact) mass is 278 g/mol. The summed E-state index contributed by atoms with van der Waals surface area (Å²) in [5.74, 6) is -0.544. The van der Waals surface area contributed by atoms with Gasteiger partial charge in [0.05, 0.1) is 6.54 Å². The van der Waals surface area contributed by atoms with Crippen LogP contribution in [-0.2, 0) is 4.79 Å². The van der Waals surface area contributed by atoms with Gasteiger partial charge in [-0.3, -0.25) is 9.59 Å². The fourth-order valence-electron chi connectivity index (χ4n) is 1.51. The number of nitrogens with one attached hydrogen (secondary N) is 2. The topological polar surface area (TPSA) is 78.4 Å². The largest absolute Gasteiger partial charge is 0.396 e. The van der Waals surface area contributed by atoms with E-state index in [2.05, 4.69) is 10.6 Å². The van der Waals surface area contributed by atoms with E-state index in [1.807, 2.05) is 26.8 Å². The van der Waals surface area contributed by atoms with Crippen LogP contribution in [0, 0.1) is 12.3 Å². The molecule has 110 valence electrons. The SMILES string of the molecule is Cc1cccc(C(=O)NCC(=O)NCC(C)(C)CO)c1. The Bertz CT molecular complexity index is 484. The summed E-state index contributed by atoms with van der Waals surface area (Å²) in [6, 6.07) is 7.17. The van der Waals surface area contributed by atoms with Gasteiger partial charge in [0.25, 0.3) is 5.91 Å². The van der Waals surface area contributed by atoms with Gasteiger partial charge in [0, 0.05) is 24.1 Å². The number of amides is 2. The average Bonchev–Trinajstić information content (AvgIpc) is 2.42. The Labute approximate surface area is 119 Å². The highest BCUT2D eigenvalue weighted by Crippen LogP contribution is 2.10. The number of hydrogen-bond acceptors (Lipinski definition) is 3. The van der Waals surface area contributed by atoms with E-state index < -0.39 is 0 Å². The van der Waals surface area contributed by atoms with Crippen molar-refractivity contribution in [3.8, 4) is 0 Å². The van der Waals surface area contributed by atoms with Gasteiger partial charge in [0.2, 0.25) is 5.91 Å². The predicted molar refractivity (Wildman–Crippen MR) is 77.4 cm³/mol. The van der Waals surface area contributed by atoms with E-state index in [1.54, 1.807) is 18.2 Å². The minimum Gasteiger partial charge on any atom is -0.396 e. The van der Waals surface area contributed by atoms with Crippen LogP contribution in [0.2, 0.25) is 0 Å². The summed E-state index contributed by atoms with van der Waals surface area (Å²) in [5.41, 5.74) is 1.16. The molecule has 0 unspecified atom stereocenters. The summed E-state index contributed by atoms with van der Waals surface area (Å²) in [6.07, 6.45) is 0. The average molecular weight is 278 g/mol. The maximum Gasteiger partial charge on any atom is 0.251 e. The molecule has 5 nitrogen and oxygen atoms in total. The summed E-state index contributed by atoms with van der Waals surface area (Å²) in [6.45, 7) is 5.87. The third-order valence-corrected chi connectivity index (χ3v) is 2.88. The smallest absolute Gasteiger partial charge is 0.251 e. The van der Waals surface area contributed by atoms with Crippen molar-refractivity contribution in [3.05, 3.63) is 35.4 Å². The summed E-state index contributed by atoms with van der Waals surface area (Å²) >= 11 is 0. The van der Waals surface area contributed by atoms with E-state index in [9.17, 15) is 9.59 Å². The molecular weight excluding hydrogens is 256 g/mol. The molecule has 0 aliphatic carbocycles. The minimum absolute atomic E-state index is 0.0110. The van der Waals surface area contributed by atoms with Crippen molar-refractivity contribution in [2.75, 3.05) is 19.7 Å². The van der Waals surface area contributed by atoms with E-state index in [0.717, 1.165) is 5.56 Å². The third kappa shape index (κ3) is 5.40. The maximum absolute atomic E-state index is 11.8. The number of aryl methyl sites for hydroxylation is 1. The predicted octanol–water partition coefficient (Wildman–Crippen LogP) is 0.860. The normalized spacial score (nSPS) is 11.0. The van der Waals surface area contributed by atoms with Crippen LogP contribution < -0.4 is 10.6 Å². The second-order valence-corrected chi connectivity index (χ2v) is 5.65. The molecule has 1 rings (SSSR count). The van der Waals surface area contributed by atoms with Crippen molar-refractivity contribution in [2.45, 2.75) is 20.8 Å². The zero-order chi connectivity index (χ0) is 15.2. The first-order valence-corrected chi connectivity index (χ1v) is 6.56. The standard InChI is InChI=1S/C15H22N2O3/c1-11-5-4-6-12(7-11)14(20)16-8-13(19)17-9-15(2,3)10-18/h4-7,18H,8-10H2,1-3H3,(H,16,20)(H,17,19). The first-order valence-electron chi connectivity index (χ1n) is 6.56.